The van der Waals surface area contributed by atoms with Crippen LogP contribution in [0.15, 0.2) is 18.2 Å². The summed E-state index contributed by atoms with van der Waals surface area (Å²) in [5.41, 5.74) is 1.61. The lowest BCUT2D eigenvalue weighted by atomic mass is 9.49. The van der Waals surface area contributed by atoms with Gasteiger partial charge in [0.25, 0.3) is 0 Å². The molecule has 4 aliphatic carbocycles. The van der Waals surface area contributed by atoms with Gasteiger partial charge in [0.05, 0.1) is 12.5 Å². The van der Waals surface area contributed by atoms with Gasteiger partial charge in [0, 0.05) is 5.69 Å². The molecule has 5 heteroatoms. The van der Waals surface area contributed by atoms with E-state index in [1.807, 2.05) is 19.1 Å². The van der Waals surface area contributed by atoms with Gasteiger partial charge in [0.2, 0.25) is 5.91 Å². The van der Waals surface area contributed by atoms with Gasteiger partial charge in [-0.3, -0.25) is 4.79 Å². The summed E-state index contributed by atoms with van der Waals surface area (Å²) in [6.45, 7) is 1.83. The van der Waals surface area contributed by atoms with Crippen molar-refractivity contribution in [1.82, 2.24) is 0 Å². The molecule has 0 aromatic heterocycles. The van der Waals surface area contributed by atoms with Crippen LogP contribution in [0.25, 0.3) is 0 Å². The van der Waals surface area contributed by atoms with Crippen LogP contribution < -0.4 is 10.1 Å². The third-order valence-corrected chi connectivity index (χ3v) is 6.55. The number of hydrogen-bond acceptors (Lipinski definition) is 4. The maximum Gasteiger partial charge on any atom is 0.343 e. The maximum absolute atomic E-state index is 13.2. The minimum absolute atomic E-state index is 0.116. The summed E-state index contributed by atoms with van der Waals surface area (Å²) in [4.78, 5) is 24.3. The number of nitrogens with one attached hydrogen (secondary N) is 1. The molecule has 4 aliphatic rings. The Morgan fingerprint density at radius 3 is 2.27 bits per heavy atom. The first-order valence-electron chi connectivity index (χ1n) is 9.59. The second-order valence-electron chi connectivity index (χ2n) is 8.49. The Kier molecular flexibility index (Phi) is 4.41. The van der Waals surface area contributed by atoms with E-state index in [0.29, 0.717) is 5.75 Å². The zero-order chi connectivity index (χ0) is 18.3. The number of aryl methyl sites for hydroxylation is 1. The Morgan fingerprint density at radius 1 is 1.12 bits per heavy atom. The van der Waals surface area contributed by atoms with E-state index in [9.17, 15) is 9.59 Å². The van der Waals surface area contributed by atoms with Crippen molar-refractivity contribution in [2.24, 2.45) is 23.2 Å². The van der Waals surface area contributed by atoms with Gasteiger partial charge < -0.3 is 14.8 Å². The van der Waals surface area contributed by atoms with Crippen molar-refractivity contribution >= 4 is 17.6 Å². The average Bonchev–Trinajstić information content (AvgIpc) is 2.60. The molecular weight excluding hydrogens is 330 g/mol. The summed E-state index contributed by atoms with van der Waals surface area (Å²) >= 11 is 0. The van der Waals surface area contributed by atoms with Gasteiger partial charge in [-0.15, -0.1) is 0 Å². The molecule has 4 bridgehead atoms. The standard InChI is InChI=1S/C21H27NO4/c1-13-5-17(26-12-19(23)25-2)3-4-18(13)22-20(24)21-9-14-6-15(10-21)8-16(7-14)11-21/h3-5,14-16H,6-12H2,1-2H3,(H,22,24). The first-order chi connectivity index (χ1) is 12.5. The Balaban J connectivity index is 1.44. The van der Waals surface area contributed by atoms with E-state index in [0.717, 1.165) is 48.3 Å². The van der Waals surface area contributed by atoms with Crippen molar-refractivity contribution in [3.05, 3.63) is 23.8 Å². The van der Waals surface area contributed by atoms with Gasteiger partial charge in [-0.1, -0.05) is 0 Å². The SMILES string of the molecule is COC(=O)COc1ccc(NC(=O)C23CC4CC(CC(C4)C2)C3)c(C)c1. The lowest BCUT2D eigenvalue weighted by Crippen LogP contribution is -2.51. The monoisotopic (exact) mass is 357 g/mol. The first-order valence-corrected chi connectivity index (χ1v) is 9.59. The van der Waals surface area contributed by atoms with Gasteiger partial charge in [0.15, 0.2) is 6.61 Å². The molecule has 5 nitrogen and oxygen atoms in total. The highest BCUT2D eigenvalue weighted by Gasteiger charge is 2.54. The van der Waals surface area contributed by atoms with Crippen molar-refractivity contribution in [1.29, 1.82) is 0 Å². The fourth-order valence-electron chi connectivity index (χ4n) is 5.71. The first kappa shape index (κ1) is 17.4. The summed E-state index contributed by atoms with van der Waals surface area (Å²) < 4.78 is 9.99. The van der Waals surface area contributed by atoms with E-state index in [1.54, 1.807) is 6.07 Å². The van der Waals surface area contributed by atoms with Crippen LogP contribution in [-0.2, 0) is 14.3 Å². The lowest BCUT2D eigenvalue weighted by molar-refractivity contribution is -0.143. The van der Waals surface area contributed by atoms with E-state index < -0.39 is 5.97 Å². The van der Waals surface area contributed by atoms with Gasteiger partial charge >= 0.3 is 5.97 Å². The largest absolute Gasteiger partial charge is 0.482 e. The molecule has 0 atom stereocenters. The molecule has 0 spiro atoms. The normalized spacial score (nSPS) is 31.5. The summed E-state index contributed by atoms with van der Waals surface area (Å²) in [6, 6.07) is 5.49. The molecule has 1 aromatic rings. The van der Waals surface area contributed by atoms with Crippen LogP contribution >= 0.6 is 0 Å². The average molecular weight is 357 g/mol. The van der Waals surface area contributed by atoms with Crippen molar-refractivity contribution in [3.8, 4) is 5.75 Å². The molecule has 0 radical (unpaired) electrons. The lowest BCUT2D eigenvalue weighted by Gasteiger charge is -2.55. The molecular formula is C21H27NO4. The van der Waals surface area contributed by atoms with Crippen molar-refractivity contribution in [2.75, 3.05) is 19.0 Å². The number of benzene rings is 1. The molecule has 1 N–H and O–H groups in total. The number of rotatable bonds is 5. The van der Waals surface area contributed by atoms with Crippen molar-refractivity contribution in [3.63, 3.8) is 0 Å². The number of anilines is 1. The van der Waals surface area contributed by atoms with Gasteiger partial charge in [-0.2, -0.15) is 0 Å². The topological polar surface area (TPSA) is 64.6 Å². The van der Waals surface area contributed by atoms with Crippen LogP contribution in [0.5, 0.6) is 5.75 Å². The number of carbonyl (C=O) groups is 2. The third-order valence-electron chi connectivity index (χ3n) is 6.55. The highest BCUT2D eigenvalue weighted by atomic mass is 16.6. The van der Waals surface area contributed by atoms with Crippen LogP contribution in [0.4, 0.5) is 5.69 Å². The van der Waals surface area contributed by atoms with Gasteiger partial charge in [-0.05, 0) is 87.0 Å². The van der Waals surface area contributed by atoms with Crippen LogP contribution in [-0.4, -0.2) is 25.6 Å². The van der Waals surface area contributed by atoms with Crippen molar-refractivity contribution in [2.45, 2.75) is 45.4 Å². The molecule has 1 amide bonds. The molecule has 4 saturated carbocycles. The van der Waals surface area contributed by atoms with Crippen LogP contribution in [0.1, 0.15) is 44.1 Å². The summed E-state index contributed by atoms with van der Waals surface area (Å²) in [5, 5.41) is 3.18. The number of hydrogen-bond donors (Lipinski definition) is 1. The molecule has 4 fully saturated rings. The Hall–Kier alpha value is -2.04. The number of methoxy groups -OCH3 is 1. The van der Waals surface area contributed by atoms with E-state index in [-0.39, 0.29) is 17.9 Å². The van der Waals surface area contributed by atoms with Crippen LogP contribution in [0.3, 0.4) is 0 Å². The van der Waals surface area contributed by atoms with Gasteiger partial charge in [0.1, 0.15) is 5.75 Å². The zero-order valence-corrected chi connectivity index (χ0v) is 15.5. The maximum atomic E-state index is 13.2. The second kappa shape index (κ2) is 6.60. The Bertz CT molecular complexity index is 691. The molecule has 140 valence electrons. The minimum atomic E-state index is -0.415. The van der Waals surface area contributed by atoms with E-state index >= 15 is 0 Å². The number of esters is 1. The van der Waals surface area contributed by atoms with E-state index in [4.69, 9.17) is 4.74 Å². The molecule has 0 unspecified atom stereocenters. The Labute approximate surface area is 154 Å². The van der Waals surface area contributed by atoms with Crippen molar-refractivity contribution < 1.29 is 19.1 Å². The fourth-order valence-corrected chi connectivity index (χ4v) is 5.71. The van der Waals surface area contributed by atoms with E-state index in [1.165, 1.54) is 26.4 Å². The van der Waals surface area contributed by atoms with Gasteiger partial charge in [-0.25, -0.2) is 4.79 Å². The molecule has 0 heterocycles. The quantitative estimate of drug-likeness (QED) is 0.816. The summed E-state index contributed by atoms with van der Waals surface area (Å²) in [7, 11) is 1.33. The smallest absolute Gasteiger partial charge is 0.343 e. The minimum Gasteiger partial charge on any atom is -0.482 e. The molecule has 0 aliphatic heterocycles. The summed E-state index contributed by atoms with van der Waals surface area (Å²) in [6.07, 6.45) is 7.17. The molecule has 0 saturated heterocycles. The number of carbonyl (C=O) groups excluding carboxylic acids is 2. The number of ether oxygens (including phenoxy) is 2. The predicted octanol–water partition coefficient (Wildman–Crippen LogP) is 3.70. The predicted molar refractivity (Wildman–Crippen MR) is 97.9 cm³/mol. The molecule has 1 aromatic carbocycles. The Morgan fingerprint density at radius 2 is 1.73 bits per heavy atom. The highest BCUT2D eigenvalue weighted by Crippen LogP contribution is 2.60. The zero-order valence-electron chi connectivity index (χ0n) is 15.5. The molecule has 5 rings (SSSR count). The fraction of sp³-hybridized carbons (Fsp3) is 0.619. The second-order valence-corrected chi connectivity index (χ2v) is 8.49. The number of amides is 1. The highest BCUT2D eigenvalue weighted by molar-refractivity contribution is 5.96. The third kappa shape index (κ3) is 3.19. The van der Waals surface area contributed by atoms with Crippen LogP contribution in [0.2, 0.25) is 0 Å². The molecule has 26 heavy (non-hydrogen) atoms. The summed E-state index contributed by atoms with van der Waals surface area (Å²) in [5.74, 6) is 2.64. The van der Waals surface area contributed by atoms with E-state index in [2.05, 4.69) is 10.1 Å². The van der Waals surface area contributed by atoms with Crippen LogP contribution in [0, 0.1) is 30.1 Å².